The van der Waals surface area contributed by atoms with E-state index in [1.807, 2.05) is 30.3 Å². The van der Waals surface area contributed by atoms with Gasteiger partial charge in [0.15, 0.2) is 11.5 Å². The summed E-state index contributed by atoms with van der Waals surface area (Å²) in [6, 6.07) is 13.1. The first-order chi connectivity index (χ1) is 16.6. The number of benzene rings is 2. The quantitative estimate of drug-likeness (QED) is 0.423. The summed E-state index contributed by atoms with van der Waals surface area (Å²) >= 11 is 7.99. The normalized spacial score (nSPS) is 17.0. The highest BCUT2D eigenvalue weighted by Crippen LogP contribution is 2.37. The van der Waals surface area contributed by atoms with Crippen LogP contribution in [0.2, 0.25) is 5.02 Å². The minimum atomic E-state index is -0.251. The number of H-pyrrole nitrogens is 1. The predicted octanol–water partition coefficient (Wildman–Crippen LogP) is 4.95. The van der Waals surface area contributed by atoms with E-state index in [4.69, 9.17) is 25.8 Å². The standard InChI is InChI=1S/C25H21ClN2O5S/c26-22-17-5-1-2-6-21(17)34-23(22)25(30)28(12-16-4-3-7-31-16)11-15-8-14-9-19-20(33-13-32-19)10-18(14)27-24(15)29/h1-2,5-6,8-10,16H,3-4,7,11-13H2,(H,27,29). The lowest BCUT2D eigenvalue weighted by atomic mass is 10.1. The maximum atomic E-state index is 13.7. The van der Waals surface area contributed by atoms with Gasteiger partial charge >= 0.3 is 0 Å². The smallest absolute Gasteiger partial charge is 0.265 e. The minimum Gasteiger partial charge on any atom is -0.454 e. The van der Waals surface area contributed by atoms with E-state index in [0.717, 1.165) is 28.3 Å². The highest BCUT2D eigenvalue weighted by Gasteiger charge is 2.28. The van der Waals surface area contributed by atoms with Crippen LogP contribution in [0.4, 0.5) is 0 Å². The zero-order valence-corrected chi connectivity index (χ0v) is 19.7. The molecular weight excluding hydrogens is 476 g/mol. The number of hydrogen-bond donors (Lipinski definition) is 1. The monoisotopic (exact) mass is 496 g/mol. The molecule has 1 saturated heterocycles. The van der Waals surface area contributed by atoms with E-state index in [2.05, 4.69) is 4.98 Å². The zero-order valence-electron chi connectivity index (χ0n) is 18.1. The Kier molecular flexibility index (Phi) is 5.44. The van der Waals surface area contributed by atoms with Gasteiger partial charge in [-0.25, -0.2) is 0 Å². The van der Waals surface area contributed by atoms with E-state index in [1.54, 1.807) is 17.0 Å². The van der Waals surface area contributed by atoms with E-state index >= 15 is 0 Å². The molecule has 2 aliphatic rings. The summed E-state index contributed by atoms with van der Waals surface area (Å²) in [4.78, 5) is 31.7. The molecule has 34 heavy (non-hydrogen) atoms. The lowest BCUT2D eigenvalue weighted by Crippen LogP contribution is -2.38. The van der Waals surface area contributed by atoms with Crippen molar-refractivity contribution in [3.05, 3.63) is 68.3 Å². The maximum Gasteiger partial charge on any atom is 0.265 e. The molecule has 6 rings (SSSR count). The van der Waals surface area contributed by atoms with Crippen LogP contribution in [0.15, 0.2) is 47.3 Å². The second-order valence-electron chi connectivity index (χ2n) is 8.48. The Morgan fingerprint density at radius 3 is 2.79 bits per heavy atom. The Morgan fingerprint density at radius 1 is 1.18 bits per heavy atom. The van der Waals surface area contributed by atoms with Gasteiger partial charge in [0.1, 0.15) is 4.88 Å². The number of rotatable bonds is 5. The molecule has 174 valence electrons. The summed E-state index contributed by atoms with van der Waals surface area (Å²) in [7, 11) is 0. The second kappa shape index (κ2) is 8.61. The number of aromatic amines is 1. The Hall–Kier alpha value is -3.07. The van der Waals surface area contributed by atoms with E-state index in [9.17, 15) is 9.59 Å². The molecule has 2 aromatic heterocycles. The van der Waals surface area contributed by atoms with Crippen LogP contribution in [0.1, 0.15) is 28.1 Å². The van der Waals surface area contributed by atoms with Gasteiger partial charge in [-0.3, -0.25) is 9.59 Å². The van der Waals surface area contributed by atoms with Crippen molar-refractivity contribution in [3.8, 4) is 11.5 Å². The van der Waals surface area contributed by atoms with Crippen molar-refractivity contribution in [1.29, 1.82) is 0 Å². The highest BCUT2D eigenvalue weighted by atomic mass is 35.5. The molecule has 1 fully saturated rings. The second-order valence-corrected chi connectivity index (χ2v) is 9.91. The molecule has 0 aliphatic carbocycles. The molecule has 2 aliphatic heterocycles. The van der Waals surface area contributed by atoms with Crippen LogP contribution in [0.3, 0.4) is 0 Å². The van der Waals surface area contributed by atoms with Gasteiger partial charge in [-0.2, -0.15) is 0 Å². The minimum absolute atomic E-state index is 0.0644. The molecule has 1 amide bonds. The van der Waals surface area contributed by atoms with Gasteiger partial charge in [-0.1, -0.05) is 29.8 Å². The van der Waals surface area contributed by atoms with E-state index in [-0.39, 0.29) is 30.9 Å². The van der Waals surface area contributed by atoms with Gasteiger partial charge in [0.05, 0.1) is 23.2 Å². The number of nitrogens with zero attached hydrogens (tertiary/aromatic N) is 1. The van der Waals surface area contributed by atoms with Crippen molar-refractivity contribution in [2.45, 2.75) is 25.5 Å². The molecule has 1 unspecified atom stereocenters. The van der Waals surface area contributed by atoms with Crippen molar-refractivity contribution in [2.75, 3.05) is 19.9 Å². The van der Waals surface area contributed by atoms with Gasteiger partial charge in [-0.15, -0.1) is 11.3 Å². The van der Waals surface area contributed by atoms with Gasteiger partial charge in [-0.05, 0) is 31.0 Å². The van der Waals surface area contributed by atoms with Crippen LogP contribution in [0.25, 0.3) is 21.0 Å². The molecule has 9 heteroatoms. The number of carbonyl (C=O) groups is 1. The summed E-state index contributed by atoms with van der Waals surface area (Å²) in [5, 5.41) is 2.11. The number of amides is 1. The Morgan fingerprint density at radius 2 is 2.00 bits per heavy atom. The van der Waals surface area contributed by atoms with Crippen molar-refractivity contribution in [1.82, 2.24) is 9.88 Å². The highest BCUT2D eigenvalue weighted by molar-refractivity contribution is 7.21. The first-order valence-corrected chi connectivity index (χ1v) is 12.3. The van der Waals surface area contributed by atoms with Crippen LogP contribution in [-0.2, 0) is 11.3 Å². The molecule has 0 spiro atoms. The molecule has 2 aromatic carbocycles. The van der Waals surface area contributed by atoms with Gasteiger partial charge < -0.3 is 24.1 Å². The van der Waals surface area contributed by atoms with Crippen LogP contribution < -0.4 is 15.0 Å². The number of nitrogens with one attached hydrogen (secondary N) is 1. The van der Waals surface area contributed by atoms with Gasteiger partial charge in [0, 0.05) is 40.3 Å². The first kappa shape index (κ1) is 21.5. The largest absolute Gasteiger partial charge is 0.454 e. The van der Waals surface area contributed by atoms with E-state index in [1.165, 1.54) is 11.3 Å². The lowest BCUT2D eigenvalue weighted by Gasteiger charge is -2.25. The van der Waals surface area contributed by atoms with Crippen molar-refractivity contribution in [2.24, 2.45) is 0 Å². The summed E-state index contributed by atoms with van der Waals surface area (Å²) in [5.74, 6) is 1.03. The number of pyridine rings is 1. The molecule has 7 nitrogen and oxygen atoms in total. The Labute approximate surface area is 203 Å². The average Bonchev–Trinajstić information content (AvgIpc) is 3.58. The third-order valence-corrected chi connectivity index (χ3v) is 7.90. The van der Waals surface area contributed by atoms with E-state index < -0.39 is 0 Å². The Bertz CT molecular complexity index is 1470. The van der Waals surface area contributed by atoms with Crippen LogP contribution in [-0.4, -0.2) is 41.8 Å². The molecule has 0 radical (unpaired) electrons. The van der Waals surface area contributed by atoms with Crippen molar-refractivity contribution < 1.29 is 19.0 Å². The number of halogens is 1. The third-order valence-electron chi connectivity index (χ3n) is 6.24. The number of thiophene rings is 1. The topological polar surface area (TPSA) is 80.9 Å². The number of aromatic nitrogens is 1. The summed E-state index contributed by atoms with van der Waals surface area (Å²) in [6.07, 6.45) is 1.77. The molecular formula is C25H21ClN2O5S. The van der Waals surface area contributed by atoms with Crippen molar-refractivity contribution >= 4 is 49.8 Å². The lowest BCUT2D eigenvalue weighted by molar-refractivity contribution is 0.0510. The fraction of sp³-hybridized carbons (Fsp3) is 0.280. The molecule has 0 bridgehead atoms. The first-order valence-electron chi connectivity index (χ1n) is 11.1. The molecule has 1 N–H and O–H groups in total. The summed E-state index contributed by atoms with van der Waals surface area (Å²) < 4.78 is 17.6. The van der Waals surface area contributed by atoms with E-state index in [0.29, 0.717) is 45.6 Å². The summed E-state index contributed by atoms with van der Waals surface area (Å²) in [5.41, 5.74) is 0.886. The number of carbonyl (C=O) groups excluding carboxylic acids is 1. The number of ether oxygens (including phenoxy) is 3. The molecule has 0 saturated carbocycles. The van der Waals surface area contributed by atoms with Crippen LogP contribution >= 0.6 is 22.9 Å². The van der Waals surface area contributed by atoms with Crippen molar-refractivity contribution in [3.63, 3.8) is 0 Å². The predicted molar refractivity (Wildman–Crippen MR) is 131 cm³/mol. The summed E-state index contributed by atoms with van der Waals surface area (Å²) in [6.45, 7) is 1.37. The SMILES string of the molecule is O=C(c1sc2ccccc2c1Cl)N(Cc1cc2cc3c(cc2[nH]c1=O)OCO3)CC1CCCO1. The zero-order chi connectivity index (χ0) is 23.2. The molecule has 1 atom stereocenters. The Balaban J connectivity index is 1.37. The molecule has 4 aromatic rings. The number of hydrogen-bond acceptors (Lipinski definition) is 6. The molecule has 4 heterocycles. The van der Waals surface area contributed by atoms with Crippen LogP contribution in [0.5, 0.6) is 11.5 Å². The van der Waals surface area contributed by atoms with Gasteiger partial charge in [0.25, 0.3) is 11.5 Å². The average molecular weight is 497 g/mol. The third kappa shape index (κ3) is 3.81. The van der Waals surface area contributed by atoms with Crippen LogP contribution in [0, 0.1) is 0 Å². The van der Waals surface area contributed by atoms with Gasteiger partial charge in [0.2, 0.25) is 6.79 Å². The number of fused-ring (bicyclic) bond motifs is 3. The maximum absolute atomic E-state index is 13.7. The fourth-order valence-electron chi connectivity index (χ4n) is 4.51. The fourth-order valence-corrected chi connectivity index (χ4v) is 5.99.